The minimum absolute atomic E-state index is 0.169. The normalized spacial score (nSPS) is 22.1. The first kappa shape index (κ1) is 16.5. The highest BCUT2D eigenvalue weighted by molar-refractivity contribution is 9.10. The summed E-state index contributed by atoms with van der Waals surface area (Å²) >= 11 is 3.46. The molecule has 21 heavy (non-hydrogen) atoms. The Labute approximate surface area is 136 Å². The van der Waals surface area contributed by atoms with Crippen LogP contribution in [0.5, 0.6) is 0 Å². The van der Waals surface area contributed by atoms with Crippen molar-refractivity contribution in [3.63, 3.8) is 0 Å². The van der Waals surface area contributed by atoms with Crippen LogP contribution in [0.25, 0.3) is 0 Å². The first-order valence-electron chi connectivity index (χ1n) is 7.85. The minimum atomic E-state index is 0.169. The molecule has 1 saturated carbocycles. The van der Waals surface area contributed by atoms with Gasteiger partial charge in [-0.25, -0.2) is 0 Å². The van der Waals surface area contributed by atoms with Gasteiger partial charge >= 0.3 is 0 Å². The number of benzene rings is 1. The van der Waals surface area contributed by atoms with Crippen LogP contribution in [0, 0.1) is 6.92 Å². The Hall–Kier alpha value is -0.870. The van der Waals surface area contributed by atoms with Crippen LogP contribution in [0.2, 0.25) is 0 Å². The van der Waals surface area contributed by atoms with Crippen molar-refractivity contribution < 1.29 is 4.79 Å². The van der Waals surface area contributed by atoms with Gasteiger partial charge in [0.15, 0.2) is 0 Å². The van der Waals surface area contributed by atoms with Crippen molar-refractivity contribution in [2.75, 3.05) is 6.54 Å². The highest BCUT2D eigenvalue weighted by Gasteiger charge is 2.28. The Morgan fingerprint density at radius 1 is 1.33 bits per heavy atom. The lowest BCUT2D eigenvalue weighted by molar-refractivity contribution is 0.0626. The fraction of sp³-hybridized carbons (Fsp3) is 0.588. The number of carbonyl (C=O) groups excluding carboxylic acids is 1. The summed E-state index contributed by atoms with van der Waals surface area (Å²) in [6, 6.07) is 6.54. The van der Waals surface area contributed by atoms with Gasteiger partial charge in [-0.05, 0) is 62.8 Å². The minimum Gasteiger partial charge on any atom is -0.336 e. The summed E-state index contributed by atoms with van der Waals surface area (Å²) in [6.07, 6.45) is 5.10. The van der Waals surface area contributed by atoms with Crippen molar-refractivity contribution in [2.45, 2.75) is 58.0 Å². The molecule has 0 atom stereocenters. The topological polar surface area (TPSA) is 46.3 Å². The number of carbonyl (C=O) groups is 1. The third-order valence-corrected chi connectivity index (χ3v) is 4.82. The summed E-state index contributed by atoms with van der Waals surface area (Å²) in [4.78, 5) is 15.0. The smallest absolute Gasteiger partial charge is 0.254 e. The Morgan fingerprint density at radius 3 is 2.57 bits per heavy atom. The van der Waals surface area contributed by atoms with E-state index in [1.165, 1.54) is 0 Å². The number of hydrogen-bond donors (Lipinski definition) is 1. The van der Waals surface area contributed by atoms with Crippen LogP contribution in [0.15, 0.2) is 22.7 Å². The number of nitrogens with two attached hydrogens (primary N) is 1. The molecule has 1 aromatic carbocycles. The van der Waals surface area contributed by atoms with Gasteiger partial charge in [0.1, 0.15) is 0 Å². The average molecular weight is 353 g/mol. The summed E-state index contributed by atoms with van der Waals surface area (Å²) in [5.41, 5.74) is 7.84. The molecule has 4 heteroatoms. The van der Waals surface area contributed by atoms with E-state index in [0.717, 1.165) is 54.2 Å². The number of nitrogens with zero attached hydrogens (tertiary/aromatic N) is 1. The molecule has 0 aromatic heterocycles. The molecule has 1 fully saturated rings. The van der Waals surface area contributed by atoms with Gasteiger partial charge in [-0.2, -0.15) is 0 Å². The molecule has 2 N–H and O–H groups in total. The zero-order valence-corrected chi connectivity index (χ0v) is 14.5. The number of amides is 1. The van der Waals surface area contributed by atoms with Crippen molar-refractivity contribution in [1.29, 1.82) is 0 Å². The molecule has 116 valence electrons. The van der Waals surface area contributed by atoms with Crippen LogP contribution in [0.3, 0.4) is 0 Å². The van der Waals surface area contributed by atoms with Crippen LogP contribution in [0.1, 0.15) is 54.9 Å². The lowest BCUT2D eigenvalue weighted by atomic mass is 9.90. The van der Waals surface area contributed by atoms with Crippen LogP contribution in [-0.4, -0.2) is 29.4 Å². The molecule has 0 unspecified atom stereocenters. The summed E-state index contributed by atoms with van der Waals surface area (Å²) in [7, 11) is 0. The van der Waals surface area contributed by atoms with E-state index in [2.05, 4.69) is 27.8 Å². The number of hydrogen-bond acceptors (Lipinski definition) is 2. The molecule has 1 aromatic rings. The van der Waals surface area contributed by atoms with E-state index in [1.807, 2.05) is 25.1 Å². The first-order valence-corrected chi connectivity index (χ1v) is 8.65. The molecule has 1 aliphatic rings. The first-order chi connectivity index (χ1) is 10.0. The van der Waals surface area contributed by atoms with E-state index in [4.69, 9.17) is 5.73 Å². The second-order valence-corrected chi connectivity index (χ2v) is 6.94. The maximum atomic E-state index is 12.9. The van der Waals surface area contributed by atoms with Gasteiger partial charge in [0, 0.05) is 28.7 Å². The fourth-order valence-electron chi connectivity index (χ4n) is 3.13. The summed E-state index contributed by atoms with van der Waals surface area (Å²) in [6.45, 7) is 4.95. The molecule has 0 saturated heterocycles. The molecule has 0 radical (unpaired) electrons. The lowest BCUT2D eigenvalue weighted by Gasteiger charge is -2.36. The van der Waals surface area contributed by atoms with Gasteiger partial charge < -0.3 is 10.6 Å². The van der Waals surface area contributed by atoms with Gasteiger partial charge in [0.2, 0.25) is 0 Å². The van der Waals surface area contributed by atoms with E-state index in [-0.39, 0.29) is 5.91 Å². The van der Waals surface area contributed by atoms with Gasteiger partial charge in [0.25, 0.3) is 5.91 Å². The molecular weight excluding hydrogens is 328 g/mol. The Balaban J connectivity index is 2.18. The highest BCUT2D eigenvalue weighted by Crippen LogP contribution is 2.25. The van der Waals surface area contributed by atoms with Gasteiger partial charge in [0.05, 0.1) is 0 Å². The van der Waals surface area contributed by atoms with Gasteiger partial charge in [-0.15, -0.1) is 0 Å². The van der Waals surface area contributed by atoms with Crippen LogP contribution in [0.4, 0.5) is 0 Å². The van der Waals surface area contributed by atoms with Crippen molar-refractivity contribution >= 4 is 21.8 Å². The molecule has 2 rings (SSSR count). The third-order valence-electron chi connectivity index (χ3n) is 4.33. The van der Waals surface area contributed by atoms with Crippen LogP contribution >= 0.6 is 15.9 Å². The Morgan fingerprint density at radius 2 is 2.00 bits per heavy atom. The maximum Gasteiger partial charge on any atom is 0.254 e. The van der Waals surface area contributed by atoms with Crippen molar-refractivity contribution in [1.82, 2.24) is 4.90 Å². The van der Waals surface area contributed by atoms with Crippen LogP contribution < -0.4 is 5.73 Å². The molecule has 1 amide bonds. The second kappa shape index (κ2) is 7.41. The quantitative estimate of drug-likeness (QED) is 0.893. The van der Waals surface area contributed by atoms with Crippen LogP contribution in [-0.2, 0) is 0 Å². The number of aryl methyl sites for hydroxylation is 1. The predicted molar refractivity (Wildman–Crippen MR) is 90.4 cm³/mol. The Kier molecular flexibility index (Phi) is 5.82. The summed E-state index contributed by atoms with van der Waals surface area (Å²) in [5.74, 6) is 0.169. The number of halogens is 1. The largest absolute Gasteiger partial charge is 0.336 e. The third kappa shape index (κ3) is 4.07. The standard InChI is InChI=1S/C17H25BrN2O/c1-3-10-20(15-7-5-14(19)6-8-15)17(21)16-9-4-13(18)11-12(16)2/h4,9,11,14-15H,3,5-8,10,19H2,1-2H3. The zero-order chi connectivity index (χ0) is 15.4. The van der Waals surface area contributed by atoms with E-state index < -0.39 is 0 Å². The Bertz CT molecular complexity index is 496. The van der Waals surface area contributed by atoms with E-state index in [1.54, 1.807) is 0 Å². The fourth-order valence-corrected chi connectivity index (χ4v) is 3.60. The maximum absolute atomic E-state index is 12.9. The molecule has 0 aliphatic heterocycles. The van der Waals surface area contributed by atoms with Crippen molar-refractivity contribution in [3.8, 4) is 0 Å². The van der Waals surface area contributed by atoms with Crippen molar-refractivity contribution in [3.05, 3.63) is 33.8 Å². The summed E-state index contributed by atoms with van der Waals surface area (Å²) in [5, 5.41) is 0. The zero-order valence-electron chi connectivity index (χ0n) is 12.9. The predicted octanol–water partition coefficient (Wildman–Crippen LogP) is 3.88. The van der Waals surface area contributed by atoms with Gasteiger partial charge in [-0.3, -0.25) is 4.79 Å². The molecular formula is C17H25BrN2O. The van der Waals surface area contributed by atoms with Crippen molar-refractivity contribution in [2.24, 2.45) is 5.73 Å². The van der Waals surface area contributed by atoms with E-state index in [0.29, 0.717) is 12.1 Å². The van der Waals surface area contributed by atoms with E-state index in [9.17, 15) is 4.79 Å². The molecule has 0 heterocycles. The molecule has 3 nitrogen and oxygen atoms in total. The van der Waals surface area contributed by atoms with E-state index >= 15 is 0 Å². The number of rotatable bonds is 4. The average Bonchev–Trinajstić information content (AvgIpc) is 2.45. The molecule has 0 spiro atoms. The summed E-state index contributed by atoms with van der Waals surface area (Å²) < 4.78 is 1.02. The van der Waals surface area contributed by atoms with Gasteiger partial charge in [-0.1, -0.05) is 22.9 Å². The lowest BCUT2D eigenvalue weighted by Crippen LogP contribution is -2.44. The highest BCUT2D eigenvalue weighted by atomic mass is 79.9. The SMILES string of the molecule is CCCN(C(=O)c1ccc(Br)cc1C)C1CCC(N)CC1. The monoisotopic (exact) mass is 352 g/mol. The molecule has 1 aliphatic carbocycles. The molecule has 0 bridgehead atoms. The second-order valence-electron chi connectivity index (χ2n) is 6.03.